The van der Waals surface area contributed by atoms with Crippen molar-refractivity contribution in [2.75, 3.05) is 4.90 Å². The molecule has 0 aliphatic rings. The van der Waals surface area contributed by atoms with Gasteiger partial charge in [-0.05, 0) is 121 Å². The second kappa shape index (κ2) is 14.4. The van der Waals surface area contributed by atoms with Gasteiger partial charge in [-0.25, -0.2) is 0 Å². The minimum atomic E-state index is 1.09. The number of hydrogen-bond donors (Lipinski definition) is 0. The predicted octanol–water partition coefficient (Wildman–Crippen LogP) is 16.5. The molecule has 0 amide bonds. The summed E-state index contributed by atoms with van der Waals surface area (Å²) in [5.74, 6) is 0. The van der Waals surface area contributed by atoms with Crippen LogP contribution < -0.4 is 4.90 Å². The van der Waals surface area contributed by atoms with Gasteiger partial charge >= 0.3 is 0 Å². The van der Waals surface area contributed by atoms with Crippen LogP contribution >= 0.6 is 11.3 Å². The second-order valence-electron chi connectivity index (χ2n) is 15.0. The van der Waals surface area contributed by atoms with Crippen molar-refractivity contribution >= 4 is 70.1 Å². The molecule has 0 fully saturated rings. The van der Waals surface area contributed by atoms with E-state index in [1.165, 1.54) is 86.2 Å². The van der Waals surface area contributed by atoms with Crippen LogP contribution in [0.2, 0.25) is 0 Å². The Hall–Kier alpha value is -7.26. The first kappa shape index (κ1) is 34.0. The first-order chi connectivity index (χ1) is 28.7. The summed E-state index contributed by atoms with van der Waals surface area (Å²) >= 11 is 1.86. The van der Waals surface area contributed by atoms with Crippen molar-refractivity contribution in [1.82, 2.24) is 0 Å². The molecule has 1 nitrogen and oxygen atoms in total. The third-order valence-electron chi connectivity index (χ3n) is 11.5. The fourth-order valence-corrected chi connectivity index (χ4v) is 9.52. The Kier molecular flexibility index (Phi) is 8.42. The zero-order chi connectivity index (χ0) is 38.4. The van der Waals surface area contributed by atoms with Crippen LogP contribution in [0.5, 0.6) is 0 Å². The van der Waals surface area contributed by atoms with Crippen LogP contribution in [-0.2, 0) is 0 Å². The van der Waals surface area contributed by atoms with Crippen LogP contribution in [0.25, 0.3) is 86.2 Å². The summed E-state index contributed by atoms with van der Waals surface area (Å²) < 4.78 is 2.65. The lowest BCUT2D eigenvalue weighted by Crippen LogP contribution is -2.11. The molecule has 1 aromatic heterocycles. The number of fused-ring (bicyclic) bond motifs is 5. The number of anilines is 3. The quantitative estimate of drug-likeness (QED) is 0.157. The fourth-order valence-electron chi connectivity index (χ4n) is 8.43. The molecule has 11 aromatic rings. The van der Waals surface area contributed by atoms with E-state index in [1.807, 2.05) is 11.3 Å². The van der Waals surface area contributed by atoms with Gasteiger partial charge < -0.3 is 4.90 Å². The number of hydrogen-bond acceptors (Lipinski definition) is 2. The van der Waals surface area contributed by atoms with Gasteiger partial charge in [-0.3, -0.25) is 0 Å². The number of thiophene rings is 1. The van der Waals surface area contributed by atoms with E-state index in [-0.39, 0.29) is 0 Å². The highest BCUT2D eigenvalue weighted by atomic mass is 32.1. The summed E-state index contributed by atoms with van der Waals surface area (Å²) in [5, 5.41) is 7.61. The molecule has 11 rings (SSSR count). The lowest BCUT2D eigenvalue weighted by Gasteiger charge is -2.29. The first-order valence-corrected chi connectivity index (χ1v) is 20.6. The van der Waals surface area contributed by atoms with Crippen molar-refractivity contribution in [2.45, 2.75) is 0 Å². The summed E-state index contributed by atoms with van der Waals surface area (Å²) in [6.07, 6.45) is 0. The second-order valence-corrected chi connectivity index (χ2v) is 16.0. The zero-order valence-corrected chi connectivity index (χ0v) is 32.5. The van der Waals surface area contributed by atoms with Gasteiger partial charge in [0.2, 0.25) is 0 Å². The molecule has 0 aliphatic heterocycles. The van der Waals surface area contributed by atoms with Crippen LogP contribution in [-0.4, -0.2) is 0 Å². The molecular formula is C56H37NS. The molecule has 0 atom stereocenters. The largest absolute Gasteiger partial charge is 0.310 e. The van der Waals surface area contributed by atoms with E-state index < -0.39 is 0 Å². The SMILES string of the molecule is c1ccc(-c2ccc(-c3ccc4ccccc4c3)cc2N(c2ccc(-c3ccc4ccccc4c3)cc2)c2ccc(-c3ccc4sc5ccccc5c4c3)cc2)cc1. The average molecular weight is 756 g/mol. The van der Waals surface area contributed by atoms with Crippen molar-refractivity contribution in [1.29, 1.82) is 0 Å². The van der Waals surface area contributed by atoms with E-state index in [1.54, 1.807) is 0 Å². The standard InChI is InChI=1S/C56H37NS/c1-2-12-42(13-3-1)51-32-26-48(46-21-19-39-11-5-7-15-44(39)35-46)37-54(51)57(49-28-22-40(23-29-49)45-20-18-38-10-4-6-14-43(38)34-45)50-30-24-41(25-31-50)47-27-33-56-53(36-47)52-16-8-9-17-55(52)58-56/h1-37H. The third kappa shape index (κ3) is 6.21. The minimum Gasteiger partial charge on any atom is -0.310 e. The maximum absolute atomic E-state index is 2.43. The lowest BCUT2D eigenvalue weighted by atomic mass is 9.95. The first-order valence-electron chi connectivity index (χ1n) is 19.8. The van der Waals surface area contributed by atoms with Crippen LogP contribution in [0.3, 0.4) is 0 Å². The van der Waals surface area contributed by atoms with Gasteiger partial charge in [-0.1, -0.05) is 164 Å². The zero-order valence-electron chi connectivity index (χ0n) is 31.7. The van der Waals surface area contributed by atoms with Crippen molar-refractivity contribution in [2.24, 2.45) is 0 Å². The Morgan fingerprint density at radius 2 is 0.741 bits per heavy atom. The maximum Gasteiger partial charge on any atom is 0.0546 e. The Morgan fingerprint density at radius 3 is 1.40 bits per heavy atom. The lowest BCUT2D eigenvalue weighted by molar-refractivity contribution is 1.28. The Morgan fingerprint density at radius 1 is 0.276 bits per heavy atom. The molecule has 0 aliphatic carbocycles. The molecular weight excluding hydrogens is 719 g/mol. The van der Waals surface area contributed by atoms with Crippen LogP contribution in [0.1, 0.15) is 0 Å². The molecule has 0 N–H and O–H groups in total. The Balaban J connectivity index is 1.06. The molecule has 0 bridgehead atoms. The molecule has 0 radical (unpaired) electrons. The molecule has 2 heteroatoms. The summed E-state index contributed by atoms with van der Waals surface area (Å²) in [6, 6.07) is 82.1. The van der Waals surface area contributed by atoms with Gasteiger partial charge in [-0.2, -0.15) is 0 Å². The van der Waals surface area contributed by atoms with Crippen molar-refractivity contribution in [3.8, 4) is 44.5 Å². The summed E-state index contributed by atoms with van der Waals surface area (Å²) in [7, 11) is 0. The topological polar surface area (TPSA) is 3.24 Å². The summed E-state index contributed by atoms with van der Waals surface area (Å²) in [6.45, 7) is 0. The third-order valence-corrected chi connectivity index (χ3v) is 12.6. The molecule has 272 valence electrons. The van der Waals surface area contributed by atoms with Crippen molar-refractivity contribution in [3.63, 3.8) is 0 Å². The van der Waals surface area contributed by atoms with Crippen LogP contribution in [0.15, 0.2) is 224 Å². The minimum absolute atomic E-state index is 1.09. The highest BCUT2D eigenvalue weighted by Gasteiger charge is 2.19. The van der Waals surface area contributed by atoms with Gasteiger partial charge in [0, 0.05) is 37.1 Å². The van der Waals surface area contributed by atoms with Gasteiger partial charge in [0.1, 0.15) is 0 Å². The monoisotopic (exact) mass is 755 g/mol. The van der Waals surface area contributed by atoms with Crippen molar-refractivity contribution < 1.29 is 0 Å². The van der Waals surface area contributed by atoms with E-state index in [4.69, 9.17) is 0 Å². The number of nitrogens with zero attached hydrogens (tertiary/aromatic N) is 1. The predicted molar refractivity (Wildman–Crippen MR) is 251 cm³/mol. The normalized spacial score (nSPS) is 11.4. The smallest absolute Gasteiger partial charge is 0.0546 e. The average Bonchev–Trinajstić information content (AvgIpc) is 3.68. The molecule has 0 saturated carbocycles. The molecule has 0 saturated heterocycles. The molecule has 0 spiro atoms. The Bertz CT molecular complexity index is 3270. The van der Waals surface area contributed by atoms with Gasteiger partial charge in [0.25, 0.3) is 0 Å². The summed E-state index contributed by atoms with van der Waals surface area (Å²) in [4.78, 5) is 2.43. The highest BCUT2D eigenvalue weighted by Crippen LogP contribution is 2.44. The summed E-state index contributed by atoms with van der Waals surface area (Å²) in [5.41, 5.74) is 12.8. The molecule has 0 unspecified atom stereocenters. The van der Waals surface area contributed by atoms with E-state index in [0.717, 1.165) is 17.1 Å². The van der Waals surface area contributed by atoms with Gasteiger partial charge in [0.05, 0.1) is 5.69 Å². The van der Waals surface area contributed by atoms with Crippen LogP contribution in [0.4, 0.5) is 17.1 Å². The fraction of sp³-hybridized carbons (Fsp3) is 0. The van der Waals surface area contributed by atoms with E-state index in [0.29, 0.717) is 0 Å². The molecule has 10 aromatic carbocycles. The highest BCUT2D eigenvalue weighted by molar-refractivity contribution is 7.25. The maximum atomic E-state index is 2.43. The van der Waals surface area contributed by atoms with Crippen molar-refractivity contribution in [3.05, 3.63) is 224 Å². The Labute approximate surface area is 342 Å². The van der Waals surface area contributed by atoms with E-state index >= 15 is 0 Å². The van der Waals surface area contributed by atoms with E-state index in [9.17, 15) is 0 Å². The van der Waals surface area contributed by atoms with Gasteiger partial charge in [-0.15, -0.1) is 11.3 Å². The molecule has 58 heavy (non-hydrogen) atoms. The molecule has 1 heterocycles. The number of rotatable bonds is 7. The van der Waals surface area contributed by atoms with E-state index in [2.05, 4.69) is 229 Å². The van der Waals surface area contributed by atoms with Gasteiger partial charge in [0.15, 0.2) is 0 Å². The van der Waals surface area contributed by atoms with Crippen LogP contribution in [0, 0.1) is 0 Å². The number of benzene rings is 10.